The Kier molecular flexibility index (Phi) is 10.5. The number of halogens is 4. The lowest BCUT2D eigenvalue weighted by molar-refractivity contribution is -0.605. The second kappa shape index (κ2) is 13.7. The number of sulfonamides is 1. The molecule has 226 valence electrons. The number of rotatable bonds is 14. The van der Waals surface area contributed by atoms with Crippen LogP contribution in [0.3, 0.4) is 0 Å². The first kappa shape index (κ1) is 31.5. The van der Waals surface area contributed by atoms with Gasteiger partial charge in [-0.1, -0.05) is 29.3 Å². The van der Waals surface area contributed by atoms with Crippen LogP contribution in [-0.4, -0.2) is 64.0 Å². The van der Waals surface area contributed by atoms with Gasteiger partial charge in [-0.15, -0.1) is 0 Å². The molecule has 1 aromatic carbocycles. The van der Waals surface area contributed by atoms with Crippen LogP contribution in [0.15, 0.2) is 30.6 Å². The zero-order valence-corrected chi connectivity index (χ0v) is 24.5. The Hall–Kier alpha value is -2.45. The first-order chi connectivity index (χ1) is 19.5. The van der Waals surface area contributed by atoms with E-state index >= 15 is 0 Å². The summed E-state index contributed by atoms with van der Waals surface area (Å²) in [4.78, 5) is 13.5. The quantitative estimate of drug-likeness (QED) is 0.171. The molecule has 4 rings (SSSR count). The lowest BCUT2D eigenvalue weighted by Gasteiger charge is -2.26. The number of nitrogens with zero attached hydrogens (tertiary/aromatic N) is 2. The summed E-state index contributed by atoms with van der Waals surface area (Å²) in [6.45, 7) is -2.68. The maximum Gasteiger partial charge on any atom is 0.387 e. The van der Waals surface area contributed by atoms with Gasteiger partial charge >= 0.3 is 12.6 Å². The molecule has 1 aromatic heterocycles. The number of benzene rings is 1. The summed E-state index contributed by atoms with van der Waals surface area (Å²) in [5, 5.41) is 11.8. The number of aromatic nitrogens is 1. The second-order valence-corrected chi connectivity index (χ2v) is 12.7. The van der Waals surface area contributed by atoms with E-state index in [0.29, 0.717) is 34.8 Å². The highest BCUT2D eigenvalue weighted by atomic mass is 35.5. The van der Waals surface area contributed by atoms with Gasteiger partial charge in [0.25, 0.3) is 0 Å². The third-order valence-corrected chi connectivity index (χ3v) is 9.30. The number of alkyl halides is 2. The largest absolute Gasteiger partial charge is 0.619 e. The lowest BCUT2D eigenvalue weighted by atomic mass is 10.0. The summed E-state index contributed by atoms with van der Waals surface area (Å²) >= 11 is 12.6. The van der Waals surface area contributed by atoms with Gasteiger partial charge in [-0.2, -0.15) is 17.8 Å². The molecule has 10 nitrogen and oxygen atoms in total. The summed E-state index contributed by atoms with van der Waals surface area (Å²) in [5.41, 5.74) is 0.631. The van der Waals surface area contributed by atoms with E-state index in [4.69, 9.17) is 37.4 Å². The van der Waals surface area contributed by atoms with Crippen LogP contribution in [0.2, 0.25) is 10.0 Å². The van der Waals surface area contributed by atoms with Gasteiger partial charge in [-0.05, 0) is 49.3 Å². The van der Waals surface area contributed by atoms with Gasteiger partial charge in [0.2, 0.25) is 10.0 Å². The van der Waals surface area contributed by atoms with Crippen molar-refractivity contribution < 1.29 is 45.7 Å². The van der Waals surface area contributed by atoms with E-state index in [2.05, 4.69) is 4.74 Å². The van der Waals surface area contributed by atoms with Crippen molar-refractivity contribution in [1.82, 2.24) is 4.31 Å². The SMILES string of the molecule is COCCS(=O)(=O)N1CCC[C@H]1C(=O)O[C@@H](Cc1c(Cl)c[n+]([O-])cc1Cl)c1ccc(OC(F)F)c(OCC2CC2)c1. The molecule has 1 aliphatic carbocycles. The molecular weight excluding hydrogens is 609 g/mol. The molecule has 1 aliphatic heterocycles. The molecule has 2 aliphatic rings. The van der Waals surface area contributed by atoms with Crippen LogP contribution in [-0.2, 0) is 30.7 Å². The molecule has 0 radical (unpaired) electrons. The van der Waals surface area contributed by atoms with Gasteiger partial charge in [0.05, 0.1) is 19.0 Å². The third kappa shape index (κ3) is 8.31. The average Bonchev–Trinajstić information content (AvgIpc) is 3.59. The first-order valence-electron chi connectivity index (χ1n) is 13.0. The Morgan fingerprint density at radius 3 is 2.51 bits per heavy atom. The monoisotopic (exact) mass is 638 g/mol. The van der Waals surface area contributed by atoms with E-state index in [1.165, 1.54) is 25.3 Å². The van der Waals surface area contributed by atoms with E-state index in [9.17, 15) is 27.2 Å². The van der Waals surface area contributed by atoms with E-state index in [0.717, 1.165) is 29.5 Å². The molecule has 1 saturated heterocycles. The lowest BCUT2D eigenvalue weighted by Crippen LogP contribution is -2.43. The Balaban J connectivity index is 1.66. The topological polar surface area (TPSA) is 118 Å². The molecule has 0 N–H and O–H groups in total. The second-order valence-electron chi connectivity index (χ2n) is 9.84. The molecule has 2 aromatic rings. The fourth-order valence-electron chi connectivity index (χ4n) is 4.50. The van der Waals surface area contributed by atoms with Crippen molar-refractivity contribution in [2.75, 3.05) is 32.6 Å². The summed E-state index contributed by atoms with van der Waals surface area (Å²) in [6, 6.07) is 3.07. The minimum Gasteiger partial charge on any atom is -0.619 e. The number of carbonyl (C=O) groups excluding carboxylic acids is 1. The molecule has 0 spiro atoms. The fraction of sp³-hybridized carbons (Fsp3) is 0.538. The van der Waals surface area contributed by atoms with Crippen LogP contribution in [0.1, 0.15) is 42.9 Å². The van der Waals surface area contributed by atoms with Crippen molar-refractivity contribution in [2.45, 2.75) is 50.9 Å². The number of ether oxygens (including phenoxy) is 4. The molecule has 2 atom stereocenters. The van der Waals surface area contributed by atoms with Crippen LogP contribution in [0.4, 0.5) is 8.78 Å². The summed E-state index contributed by atoms with van der Waals surface area (Å²) in [5.74, 6) is -0.953. The zero-order chi connectivity index (χ0) is 29.7. The number of hydrogen-bond donors (Lipinski definition) is 0. The molecule has 0 unspecified atom stereocenters. The van der Waals surface area contributed by atoms with Crippen LogP contribution < -0.4 is 14.2 Å². The Labute approximate surface area is 246 Å². The van der Waals surface area contributed by atoms with Gasteiger partial charge in [-0.25, -0.2) is 8.42 Å². The number of methoxy groups -OCH3 is 1. The van der Waals surface area contributed by atoms with E-state index in [1.807, 2.05) is 0 Å². The van der Waals surface area contributed by atoms with Crippen molar-refractivity contribution in [3.05, 3.63) is 57.0 Å². The van der Waals surface area contributed by atoms with Crippen molar-refractivity contribution >= 4 is 39.2 Å². The van der Waals surface area contributed by atoms with Gasteiger partial charge < -0.3 is 24.2 Å². The average molecular weight is 640 g/mol. The summed E-state index contributed by atoms with van der Waals surface area (Å²) < 4.78 is 74.6. The predicted octanol–water partition coefficient (Wildman–Crippen LogP) is 4.28. The van der Waals surface area contributed by atoms with Gasteiger partial charge in [0, 0.05) is 25.6 Å². The highest BCUT2D eigenvalue weighted by molar-refractivity contribution is 7.89. The van der Waals surface area contributed by atoms with E-state index in [-0.39, 0.29) is 53.3 Å². The van der Waals surface area contributed by atoms with Crippen LogP contribution in [0.25, 0.3) is 0 Å². The Morgan fingerprint density at radius 2 is 1.88 bits per heavy atom. The number of carbonyl (C=O) groups is 1. The van der Waals surface area contributed by atoms with Gasteiger partial charge in [-0.3, -0.25) is 4.79 Å². The van der Waals surface area contributed by atoms with Crippen molar-refractivity contribution in [2.24, 2.45) is 5.92 Å². The van der Waals surface area contributed by atoms with Crippen LogP contribution >= 0.6 is 23.2 Å². The van der Waals surface area contributed by atoms with Gasteiger partial charge in [0.15, 0.2) is 23.9 Å². The maximum atomic E-state index is 13.5. The highest BCUT2D eigenvalue weighted by Crippen LogP contribution is 2.38. The molecule has 2 fully saturated rings. The van der Waals surface area contributed by atoms with Crippen LogP contribution in [0.5, 0.6) is 11.5 Å². The van der Waals surface area contributed by atoms with Crippen molar-refractivity contribution in [3.63, 3.8) is 0 Å². The van der Waals surface area contributed by atoms with Gasteiger partial charge in [0.1, 0.15) is 22.2 Å². The molecule has 2 heterocycles. The number of hydrogen-bond acceptors (Lipinski definition) is 8. The third-order valence-electron chi connectivity index (χ3n) is 6.81. The van der Waals surface area contributed by atoms with E-state index < -0.39 is 34.7 Å². The fourth-order valence-corrected chi connectivity index (χ4v) is 6.69. The standard InChI is InChI=1S/C26H30Cl2F2N2O8S/c1-37-9-10-41(35,36)32-8-2-3-21(32)25(33)39-23(12-18-19(27)13-31(34)14-20(18)28)17-6-7-22(40-26(29)30)24(11-17)38-15-16-4-5-16/h6-7,11,13-14,16,21,23,26H,2-5,8-10,12,15H2,1H3/t21-,23-/m0/s1. The number of esters is 1. The molecule has 41 heavy (non-hydrogen) atoms. The molecule has 0 amide bonds. The molecule has 1 saturated carbocycles. The smallest absolute Gasteiger partial charge is 0.387 e. The van der Waals surface area contributed by atoms with E-state index in [1.54, 1.807) is 0 Å². The molecular formula is C26H30Cl2F2N2O8S. The maximum absolute atomic E-state index is 13.5. The van der Waals surface area contributed by atoms with Crippen LogP contribution in [0, 0.1) is 11.1 Å². The van der Waals surface area contributed by atoms with Crippen molar-refractivity contribution in [3.8, 4) is 11.5 Å². The summed E-state index contributed by atoms with van der Waals surface area (Å²) in [6.07, 6.45) is 3.59. The minimum absolute atomic E-state index is 0.0149. The highest BCUT2D eigenvalue weighted by Gasteiger charge is 2.40. The minimum atomic E-state index is -3.81. The summed E-state index contributed by atoms with van der Waals surface area (Å²) in [7, 11) is -2.43. The zero-order valence-electron chi connectivity index (χ0n) is 22.1. The number of pyridine rings is 1. The molecule has 15 heteroatoms. The van der Waals surface area contributed by atoms with Crippen molar-refractivity contribution in [1.29, 1.82) is 0 Å². The first-order valence-corrected chi connectivity index (χ1v) is 15.3. The molecule has 0 bridgehead atoms. The normalized spacial score (nSPS) is 18.4. The predicted molar refractivity (Wildman–Crippen MR) is 145 cm³/mol. The Bertz CT molecular complexity index is 1320. The Morgan fingerprint density at radius 1 is 1.17 bits per heavy atom.